The Hall–Kier alpha value is -0.910. The number of rotatable bonds is 6. The Kier molecular flexibility index (Phi) is 4.08. The van der Waals surface area contributed by atoms with Crippen LogP contribution in [0.25, 0.3) is 0 Å². The first-order valence-electron chi connectivity index (χ1n) is 7.97. The Bertz CT molecular complexity index is 494. The summed E-state index contributed by atoms with van der Waals surface area (Å²) in [7, 11) is 0. The molecule has 1 aliphatic carbocycles. The van der Waals surface area contributed by atoms with Gasteiger partial charge in [0.2, 0.25) is 5.91 Å². The number of likely N-dealkylation sites (N-methyl/N-ethyl adjacent to an activating group) is 1. The lowest BCUT2D eigenvalue weighted by Crippen LogP contribution is -2.45. The topological polar surface area (TPSA) is 35.6 Å². The largest absolute Gasteiger partial charge is 0.316 e. The molecule has 5 heteroatoms. The van der Waals surface area contributed by atoms with E-state index >= 15 is 0 Å². The van der Waals surface area contributed by atoms with Crippen LogP contribution in [-0.2, 0) is 4.79 Å². The summed E-state index contributed by atoms with van der Waals surface area (Å²) in [6.07, 6.45) is 2.04. The van der Waals surface area contributed by atoms with Gasteiger partial charge in [0.15, 0.2) is 0 Å². The molecule has 3 rings (SSSR count). The van der Waals surface area contributed by atoms with E-state index in [1.54, 1.807) is 11.3 Å². The first-order valence-corrected chi connectivity index (χ1v) is 8.85. The fourth-order valence-electron chi connectivity index (χ4n) is 3.29. The predicted octanol–water partition coefficient (Wildman–Crippen LogP) is 2.44. The van der Waals surface area contributed by atoms with Crippen LogP contribution in [0.5, 0.6) is 0 Å². The van der Waals surface area contributed by atoms with Gasteiger partial charge in [0.1, 0.15) is 11.7 Å². The summed E-state index contributed by atoms with van der Waals surface area (Å²) in [5, 5.41) is 5.69. The second-order valence-electron chi connectivity index (χ2n) is 6.19. The van der Waals surface area contributed by atoms with E-state index in [9.17, 15) is 4.79 Å². The molecule has 1 saturated carbocycles. The minimum atomic E-state index is -0.244. The Balaban J connectivity index is 1.81. The van der Waals surface area contributed by atoms with Crippen LogP contribution < -0.4 is 5.32 Å². The molecule has 2 aliphatic rings. The third-order valence-electron chi connectivity index (χ3n) is 4.79. The highest BCUT2D eigenvalue weighted by Crippen LogP contribution is 2.47. The number of carbonyl (C=O) groups excluding carboxylic acids is 1. The summed E-state index contributed by atoms with van der Waals surface area (Å²) in [6, 6.07) is 4.43. The van der Waals surface area contributed by atoms with Crippen LogP contribution in [0.4, 0.5) is 0 Å². The molecule has 116 valence electrons. The molecule has 2 atom stereocenters. The van der Waals surface area contributed by atoms with Crippen molar-refractivity contribution in [3.8, 4) is 0 Å². The average molecular weight is 307 g/mol. The van der Waals surface area contributed by atoms with E-state index in [1.807, 2.05) is 0 Å². The van der Waals surface area contributed by atoms with Crippen molar-refractivity contribution >= 4 is 17.2 Å². The monoisotopic (exact) mass is 307 g/mol. The van der Waals surface area contributed by atoms with Crippen molar-refractivity contribution < 1.29 is 4.79 Å². The SMILES string of the molecule is CCN(CC)CC(C)N1C(=O)C2(CC2)NC1c1cccs1. The van der Waals surface area contributed by atoms with Crippen molar-refractivity contribution in [2.75, 3.05) is 19.6 Å². The quantitative estimate of drug-likeness (QED) is 0.877. The van der Waals surface area contributed by atoms with Gasteiger partial charge < -0.3 is 9.80 Å². The molecule has 2 unspecified atom stereocenters. The maximum atomic E-state index is 12.8. The number of carbonyl (C=O) groups is 1. The fourth-order valence-corrected chi connectivity index (χ4v) is 4.07. The van der Waals surface area contributed by atoms with Gasteiger partial charge in [-0.15, -0.1) is 11.3 Å². The van der Waals surface area contributed by atoms with Crippen LogP contribution in [0, 0.1) is 0 Å². The van der Waals surface area contributed by atoms with E-state index in [1.165, 1.54) is 4.88 Å². The van der Waals surface area contributed by atoms with E-state index < -0.39 is 0 Å². The third-order valence-corrected chi connectivity index (χ3v) is 5.71. The average Bonchev–Trinajstić information content (AvgIpc) is 2.95. The molecule has 0 radical (unpaired) electrons. The molecule has 2 fully saturated rings. The van der Waals surface area contributed by atoms with Crippen molar-refractivity contribution in [3.05, 3.63) is 22.4 Å². The van der Waals surface area contributed by atoms with Crippen LogP contribution in [0.3, 0.4) is 0 Å². The Labute approximate surface area is 131 Å². The highest BCUT2D eigenvalue weighted by molar-refractivity contribution is 7.10. The molecule has 1 spiro atoms. The lowest BCUT2D eigenvalue weighted by Gasteiger charge is -2.33. The maximum absolute atomic E-state index is 12.8. The summed E-state index contributed by atoms with van der Waals surface area (Å²) < 4.78 is 0. The van der Waals surface area contributed by atoms with Crippen molar-refractivity contribution in [2.24, 2.45) is 0 Å². The number of nitrogens with zero attached hydrogens (tertiary/aromatic N) is 2. The maximum Gasteiger partial charge on any atom is 0.244 e. The van der Waals surface area contributed by atoms with E-state index in [0.717, 1.165) is 32.5 Å². The number of nitrogens with one attached hydrogen (secondary N) is 1. The first kappa shape index (κ1) is 15.0. The zero-order valence-corrected chi connectivity index (χ0v) is 13.9. The summed E-state index contributed by atoms with van der Waals surface area (Å²) in [5.74, 6) is 0.306. The molecule has 1 amide bonds. The second-order valence-corrected chi connectivity index (χ2v) is 7.17. The summed E-state index contributed by atoms with van der Waals surface area (Å²) in [5.41, 5.74) is -0.244. The standard InChI is InChI=1S/C16H25N3OS/c1-4-18(5-2)11-12(3)19-14(13-7-6-10-21-13)17-16(8-9-16)15(19)20/h6-7,10,12,14,17H,4-5,8-9,11H2,1-3H3. The van der Waals surface area contributed by atoms with Crippen molar-refractivity contribution in [3.63, 3.8) is 0 Å². The van der Waals surface area contributed by atoms with Crippen molar-refractivity contribution in [1.82, 2.24) is 15.1 Å². The minimum absolute atomic E-state index is 0.0607. The van der Waals surface area contributed by atoms with Gasteiger partial charge in [-0.25, -0.2) is 0 Å². The first-order chi connectivity index (χ1) is 10.1. The van der Waals surface area contributed by atoms with Gasteiger partial charge in [-0.3, -0.25) is 10.1 Å². The van der Waals surface area contributed by atoms with E-state index in [2.05, 4.69) is 53.4 Å². The Morgan fingerprint density at radius 1 is 1.48 bits per heavy atom. The molecule has 1 aliphatic heterocycles. The van der Waals surface area contributed by atoms with E-state index in [-0.39, 0.29) is 17.7 Å². The van der Waals surface area contributed by atoms with Gasteiger partial charge in [-0.2, -0.15) is 0 Å². The lowest BCUT2D eigenvalue weighted by molar-refractivity contribution is -0.133. The number of hydrogen-bond acceptors (Lipinski definition) is 4. The lowest BCUT2D eigenvalue weighted by atomic mass is 10.2. The molecule has 2 heterocycles. The number of amides is 1. The van der Waals surface area contributed by atoms with Crippen LogP contribution in [0.2, 0.25) is 0 Å². The highest BCUT2D eigenvalue weighted by Gasteiger charge is 2.60. The molecule has 1 aromatic rings. The molecule has 21 heavy (non-hydrogen) atoms. The highest BCUT2D eigenvalue weighted by atomic mass is 32.1. The van der Waals surface area contributed by atoms with E-state index in [4.69, 9.17) is 0 Å². The summed E-state index contributed by atoms with van der Waals surface area (Å²) in [4.78, 5) is 18.6. The normalized spacial score (nSPS) is 25.0. The summed E-state index contributed by atoms with van der Waals surface area (Å²) in [6.45, 7) is 9.55. The summed E-state index contributed by atoms with van der Waals surface area (Å²) >= 11 is 1.73. The van der Waals surface area contributed by atoms with Crippen LogP contribution >= 0.6 is 11.3 Å². The molecular weight excluding hydrogens is 282 g/mol. The van der Waals surface area contributed by atoms with Crippen LogP contribution in [-0.4, -0.2) is 46.9 Å². The molecule has 0 bridgehead atoms. The Morgan fingerprint density at radius 3 is 2.71 bits per heavy atom. The minimum Gasteiger partial charge on any atom is -0.316 e. The molecule has 4 nitrogen and oxygen atoms in total. The molecule has 1 aromatic heterocycles. The number of thiophene rings is 1. The third kappa shape index (κ3) is 2.62. The van der Waals surface area contributed by atoms with Crippen LogP contribution in [0.1, 0.15) is 44.7 Å². The van der Waals surface area contributed by atoms with Crippen molar-refractivity contribution in [2.45, 2.75) is 51.4 Å². The molecular formula is C16H25N3OS. The Morgan fingerprint density at radius 2 is 2.19 bits per heavy atom. The van der Waals surface area contributed by atoms with Gasteiger partial charge >= 0.3 is 0 Å². The van der Waals surface area contributed by atoms with Gasteiger partial charge in [-0.05, 0) is 44.3 Å². The zero-order chi connectivity index (χ0) is 15.0. The predicted molar refractivity (Wildman–Crippen MR) is 86.3 cm³/mol. The smallest absolute Gasteiger partial charge is 0.244 e. The van der Waals surface area contributed by atoms with Gasteiger partial charge in [0, 0.05) is 17.5 Å². The van der Waals surface area contributed by atoms with Crippen LogP contribution in [0.15, 0.2) is 17.5 Å². The second kappa shape index (κ2) is 5.71. The molecule has 1 saturated heterocycles. The fraction of sp³-hybridized carbons (Fsp3) is 0.688. The zero-order valence-electron chi connectivity index (χ0n) is 13.1. The van der Waals surface area contributed by atoms with Gasteiger partial charge in [0.05, 0.1) is 0 Å². The van der Waals surface area contributed by atoms with E-state index in [0.29, 0.717) is 5.91 Å². The number of hydrogen-bond donors (Lipinski definition) is 1. The van der Waals surface area contributed by atoms with Gasteiger partial charge in [0.25, 0.3) is 0 Å². The van der Waals surface area contributed by atoms with Crippen molar-refractivity contribution in [1.29, 1.82) is 0 Å². The van der Waals surface area contributed by atoms with Gasteiger partial charge in [-0.1, -0.05) is 19.9 Å². The molecule has 1 N–H and O–H groups in total. The molecule has 0 aromatic carbocycles.